The Hall–Kier alpha value is -2.66. The number of rotatable bonds is 5. The summed E-state index contributed by atoms with van der Waals surface area (Å²) in [5, 5.41) is 9.21. The van der Waals surface area contributed by atoms with E-state index >= 15 is 0 Å². The molecule has 0 aliphatic rings. The highest BCUT2D eigenvalue weighted by Gasteiger charge is 2.17. The Kier molecular flexibility index (Phi) is 8.00. The van der Waals surface area contributed by atoms with Gasteiger partial charge in [-0.25, -0.2) is 13.6 Å². The van der Waals surface area contributed by atoms with Crippen LogP contribution in [0.2, 0.25) is 0 Å². The zero-order valence-corrected chi connectivity index (χ0v) is 16.3. The number of aromatic nitrogens is 1. The van der Waals surface area contributed by atoms with Crippen LogP contribution in [0.25, 0.3) is 16.7 Å². The summed E-state index contributed by atoms with van der Waals surface area (Å²) in [6, 6.07) is 6.24. The monoisotopic (exact) mass is 372 g/mol. The first-order valence-corrected chi connectivity index (χ1v) is 9.73. The molecule has 0 aliphatic heterocycles. The van der Waals surface area contributed by atoms with Crippen molar-refractivity contribution in [1.29, 1.82) is 0 Å². The SMILES string of the molecule is C=CC(=C=C/C=C\C)c1noc(C)c1-c1ccc(S(N)(=O)=O)cc1.CC. The molecule has 2 N–H and O–H groups in total. The molecule has 0 fully saturated rings. The van der Waals surface area contributed by atoms with Gasteiger partial charge in [0.25, 0.3) is 0 Å². The van der Waals surface area contributed by atoms with Crippen LogP contribution in [-0.2, 0) is 10.0 Å². The van der Waals surface area contributed by atoms with Gasteiger partial charge in [-0.2, -0.15) is 0 Å². The van der Waals surface area contributed by atoms with Gasteiger partial charge in [-0.3, -0.25) is 0 Å². The molecule has 0 unspecified atom stereocenters. The average Bonchev–Trinajstić information content (AvgIpc) is 3.01. The number of primary sulfonamides is 1. The highest BCUT2D eigenvalue weighted by Crippen LogP contribution is 2.32. The molecule has 1 aromatic heterocycles. The minimum absolute atomic E-state index is 0.0503. The van der Waals surface area contributed by atoms with Gasteiger partial charge in [0, 0.05) is 5.57 Å². The second-order valence-corrected chi connectivity index (χ2v) is 6.55. The number of hydrogen-bond donors (Lipinski definition) is 1. The van der Waals surface area contributed by atoms with Crippen LogP contribution >= 0.6 is 0 Å². The molecule has 0 amide bonds. The van der Waals surface area contributed by atoms with Crippen LogP contribution in [0, 0.1) is 6.92 Å². The summed E-state index contributed by atoms with van der Waals surface area (Å²) in [5.74, 6) is 0.612. The van der Waals surface area contributed by atoms with E-state index in [0.717, 1.165) is 11.1 Å². The molecule has 0 aliphatic carbocycles. The van der Waals surface area contributed by atoms with E-state index in [4.69, 9.17) is 9.66 Å². The lowest BCUT2D eigenvalue weighted by molar-refractivity contribution is 0.396. The van der Waals surface area contributed by atoms with Crippen LogP contribution in [0.5, 0.6) is 0 Å². The molecule has 0 saturated carbocycles. The third kappa shape index (κ3) is 5.17. The Balaban J connectivity index is 0.00000163. The van der Waals surface area contributed by atoms with Crippen molar-refractivity contribution in [2.24, 2.45) is 5.14 Å². The molecule has 0 saturated heterocycles. The van der Waals surface area contributed by atoms with Crippen molar-refractivity contribution in [1.82, 2.24) is 5.16 Å². The molecule has 1 aromatic carbocycles. The van der Waals surface area contributed by atoms with Crippen LogP contribution in [0.3, 0.4) is 0 Å². The van der Waals surface area contributed by atoms with Crippen LogP contribution in [0.4, 0.5) is 0 Å². The van der Waals surface area contributed by atoms with E-state index in [-0.39, 0.29) is 4.90 Å². The molecule has 138 valence electrons. The molecule has 5 nitrogen and oxygen atoms in total. The van der Waals surface area contributed by atoms with E-state index in [1.807, 2.05) is 32.9 Å². The summed E-state index contributed by atoms with van der Waals surface area (Å²) < 4.78 is 28.1. The molecule has 1 heterocycles. The Bertz CT molecular complexity index is 943. The standard InChI is InChI=1S/C18H18N2O3S.C2H6/c1-4-6-7-8-14(5-2)18-17(13(3)23-20-18)15-9-11-16(12-10-15)24(19,21)22;1-2/h4-7,9-12H,2H2,1,3H3,(H2,19,21,22);1-2H3/b6-4-;. The van der Waals surface area contributed by atoms with Crippen LogP contribution in [0.1, 0.15) is 32.2 Å². The van der Waals surface area contributed by atoms with Gasteiger partial charge in [0.2, 0.25) is 10.0 Å². The molecule has 26 heavy (non-hydrogen) atoms. The van der Waals surface area contributed by atoms with E-state index in [9.17, 15) is 8.42 Å². The molecule has 2 rings (SSSR count). The molecule has 0 atom stereocenters. The molecule has 0 spiro atoms. The fourth-order valence-corrected chi connectivity index (χ4v) is 2.68. The molecular formula is C20H24N2O3S. The highest BCUT2D eigenvalue weighted by atomic mass is 32.2. The van der Waals surface area contributed by atoms with Crippen molar-refractivity contribution in [3.63, 3.8) is 0 Å². The first kappa shape index (κ1) is 21.4. The highest BCUT2D eigenvalue weighted by molar-refractivity contribution is 7.89. The summed E-state index contributed by atoms with van der Waals surface area (Å²) >= 11 is 0. The van der Waals surface area contributed by atoms with E-state index in [2.05, 4.69) is 17.5 Å². The number of hydrogen-bond acceptors (Lipinski definition) is 4. The maximum absolute atomic E-state index is 11.4. The summed E-state index contributed by atoms with van der Waals surface area (Å²) in [6.07, 6.45) is 7.13. The lowest BCUT2D eigenvalue weighted by Crippen LogP contribution is -2.11. The Morgan fingerprint density at radius 2 is 1.88 bits per heavy atom. The normalized spacial score (nSPS) is 10.7. The van der Waals surface area contributed by atoms with Crippen molar-refractivity contribution >= 4 is 15.6 Å². The van der Waals surface area contributed by atoms with Gasteiger partial charge in [0.1, 0.15) is 11.5 Å². The first-order chi connectivity index (χ1) is 12.4. The molecular weight excluding hydrogens is 348 g/mol. The van der Waals surface area contributed by atoms with Crippen molar-refractivity contribution < 1.29 is 12.9 Å². The van der Waals surface area contributed by atoms with Gasteiger partial charge in [-0.15, -0.1) is 5.73 Å². The number of nitrogens with zero attached hydrogens (tertiary/aromatic N) is 1. The summed E-state index contributed by atoms with van der Waals surface area (Å²) in [6.45, 7) is 11.5. The third-order valence-electron chi connectivity index (χ3n) is 3.32. The van der Waals surface area contributed by atoms with Gasteiger partial charge < -0.3 is 4.52 Å². The van der Waals surface area contributed by atoms with Crippen molar-refractivity contribution in [2.75, 3.05) is 0 Å². The van der Waals surface area contributed by atoms with Crippen LogP contribution < -0.4 is 5.14 Å². The van der Waals surface area contributed by atoms with Crippen LogP contribution in [0.15, 0.2) is 70.3 Å². The molecule has 0 bridgehead atoms. The Labute approximate surface area is 155 Å². The predicted molar refractivity (Wildman–Crippen MR) is 106 cm³/mol. The number of aryl methyl sites for hydroxylation is 1. The number of nitrogens with two attached hydrogens (primary N) is 1. The fraction of sp³-hybridized carbons (Fsp3) is 0.200. The van der Waals surface area contributed by atoms with Gasteiger partial charge in [0.05, 0.1) is 10.5 Å². The third-order valence-corrected chi connectivity index (χ3v) is 4.25. The van der Waals surface area contributed by atoms with E-state index in [0.29, 0.717) is 17.0 Å². The van der Waals surface area contributed by atoms with E-state index in [1.165, 1.54) is 12.1 Å². The number of sulfonamides is 1. The van der Waals surface area contributed by atoms with Gasteiger partial charge >= 0.3 is 0 Å². The number of allylic oxidation sites excluding steroid dienone is 4. The molecule has 0 radical (unpaired) electrons. The van der Waals surface area contributed by atoms with Crippen molar-refractivity contribution in [3.05, 3.63) is 72.3 Å². The second kappa shape index (κ2) is 9.73. The van der Waals surface area contributed by atoms with E-state index in [1.54, 1.807) is 31.2 Å². The Morgan fingerprint density at radius 1 is 1.27 bits per heavy atom. The smallest absolute Gasteiger partial charge is 0.238 e. The summed E-state index contributed by atoms with van der Waals surface area (Å²) in [5.41, 5.74) is 5.88. The lowest BCUT2D eigenvalue weighted by Gasteiger charge is -2.04. The maximum Gasteiger partial charge on any atom is 0.238 e. The predicted octanol–water partition coefficient (Wildman–Crippen LogP) is 4.62. The van der Waals surface area contributed by atoms with Gasteiger partial charge in [-0.05, 0) is 37.6 Å². The second-order valence-electron chi connectivity index (χ2n) is 4.99. The topological polar surface area (TPSA) is 86.2 Å². The quantitative estimate of drug-likeness (QED) is 0.613. The van der Waals surface area contributed by atoms with Crippen molar-refractivity contribution in [2.45, 2.75) is 32.6 Å². The largest absolute Gasteiger partial charge is 0.360 e. The summed E-state index contributed by atoms with van der Waals surface area (Å²) in [4.78, 5) is 0.0503. The maximum atomic E-state index is 11.4. The van der Waals surface area contributed by atoms with Crippen molar-refractivity contribution in [3.8, 4) is 11.1 Å². The minimum atomic E-state index is -3.73. The van der Waals surface area contributed by atoms with E-state index < -0.39 is 10.0 Å². The minimum Gasteiger partial charge on any atom is -0.360 e. The van der Waals surface area contributed by atoms with Crippen LogP contribution in [-0.4, -0.2) is 13.6 Å². The zero-order valence-electron chi connectivity index (χ0n) is 15.5. The first-order valence-electron chi connectivity index (χ1n) is 8.18. The lowest BCUT2D eigenvalue weighted by atomic mass is 10.00. The molecule has 6 heteroatoms. The average molecular weight is 372 g/mol. The zero-order chi connectivity index (χ0) is 19.7. The Morgan fingerprint density at radius 3 is 2.38 bits per heavy atom. The van der Waals surface area contributed by atoms with Gasteiger partial charge in [0.15, 0.2) is 0 Å². The van der Waals surface area contributed by atoms with Gasteiger partial charge in [-0.1, -0.05) is 55.9 Å². The number of benzene rings is 1. The molecule has 2 aromatic rings. The fourth-order valence-electron chi connectivity index (χ4n) is 2.17. The summed E-state index contributed by atoms with van der Waals surface area (Å²) in [7, 11) is -3.73.